The molecule has 1 saturated carbocycles. The molecule has 0 radical (unpaired) electrons. The van der Waals surface area contributed by atoms with Crippen molar-refractivity contribution in [2.75, 3.05) is 0 Å². The minimum Gasteiger partial charge on any atom is -0.481 e. The van der Waals surface area contributed by atoms with Crippen molar-refractivity contribution in [2.24, 2.45) is 5.92 Å². The molecule has 1 fully saturated rings. The predicted octanol–water partition coefficient (Wildman–Crippen LogP) is 2.37. The highest BCUT2D eigenvalue weighted by atomic mass is 16.4. The van der Waals surface area contributed by atoms with E-state index >= 15 is 0 Å². The monoisotopic (exact) mass is 230 g/mol. The van der Waals surface area contributed by atoms with Crippen LogP contribution in [-0.2, 0) is 4.79 Å². The third-order valence-electron chi connectivity index (χ3n) is 3.40. The summed E-state index contributed by atoms with van der Waals surface area (Å²) in [4.78, 5) is 18.6. The fraction of sp³-hybridized carbons (Fsp3) is 0.385. The molecule has 0 saturated heterocycles. The molecule has 2 aromatic rings. The van der Waals surface area contributed by atoms with Crippen LogP contribution >= 0.6 is 0 Å². The van der Waals surface area contributed by atoms with Crippen LogP contribution in [0.15, 0.2) is 12.1 Å². The lowest BCUT2D eigenvalue weighted by Crippen LogP contribution is -1.99. The average molecular weight is 230 g/mol. The van der Waals surface area contributed by atoms with Gasteiger partial charge in [0.1, 0.15) is 5.82 Å². The van der Waals surface area contributed by atoms with Gasteiger partial charge in [-0.05, 0) is 37.5 Å². The van der Waals surface area contributed by atoms with E-state index in [-0.39, 0.29) is 11.8 Å². The number of rotatable bonds is 2. The summed E-state index contributed by atoms with van der Waals surface area (Å²) in [5.41, 5.74) is 4.29. The summed E-state index contributed by atoms with van der Waals surface area (Å²) in [6.07, 6.45) is 0.702. The molecule has 2 atom stereocenters. The number of imidazole rings is 1. The number of aryl methyl sites for hydroxylation is 2. The van der Waals surface area contributed by atoms with Gasteiger partial charge >= 0.3 is 5.97 Å². The van der Waals surface area contributed by atoms with Crippen LogP contribution in [0.1, 0.15) is 29.3 Å². The fourth-order valence-electron chi connectivity index (χ4n) is 2.44. The zero-order chi connectivity index (χ0) is 12.2. The Kier molecular flexibility index (Phi) is 2.02. The van der Waals surface area contributed by atoms with E-state index in [4.69, 9.17) is 5.11 Å². The first-order valence-corrected chi connectivity index (χ1v) is 5.76. The molecule has 0 aliphatic heterocycles. The second-order valence-electron chi connectivity index (χ2n) is 4.89. The van der Waals surface area contributed by atoms with Gasteiger partial charge in [0.15, 0.2) is 0 Å². The Bertz CT molecular complexity index is 615. The van der Waals surface area contributed by atoms with E-state index in [9.17, 15) is 4.79 Å². The number of hydrogen-bond acceptors (Lipinski definition) is 2. The van der Waals surface area contributed by atoms with E-state index in [1.807, 2.05) is 13.8 Å². The molecule has 1 aliphatic rings. The normalized spacial score (nSPS) is 22.9. The van der Waals surface area contributed by atoms with Crippen LogP contribution in [0.25, 0.3) is 11.0 Å². The molecule has 1 aliphatic carbocycles. The zero-order valence-corrected chi connectivity index (χ0v) is 9.82. The van der Waals surface area contributed by atoms with Crippen LogP contribution in [0.5, 0.6) is 0 Å². The van der Waals surface area contributed by atoms with Gasteiger partial charge in [0.25, 0.3) is 0 Å². The highest BCUT2D eigenvalue weighted by molar-refractivity contribution is 5.80. The highest BCUT2D eigenvalue weighted by Crippen LogP contribution is 2.46. The SMILES string of the molecule is Cc1cc(C)c2nc(C3CC3C(=O)O)[nH]c2c1. The van der Waals surface area contributed by atoms with Gasteiger partial charge in [0.2, 0.25) is 0 Å². The standard InChI is InChI=1S/C13H14N2O2/c1-6-3-7(2)11-10(4-6)14-12(15-11)8-5-9(8)13(16)17/h3-4,8-9H,5H2,1-2H3,(H,14,15)(H,16,17). The largest absolute Gasteiger partial charge is 0.481 e. The van der Waals surface area contributed by atoms with E-state index in [0.717, 1.165) is 22.4 Å². The Hall–Kier alpha value is -1.84. The molecule has 88 valence electrons. The Morgan fingerprint density at radius 3 is 2.88 bits per heavy atom. The third kappa shape index (κ3) is 1.60. The van der Waals surface area contributed by atoms with Crippen LogP contribution in [-0.4, -0.2) is 21.0 Å². The summed E-state index contributed by atoms with van der Waals surface area (Å²) in [7, 11) is 0. The Labute approximate surface area is 98.7 Å². The van der Waals surface area contributed by atoms with Crippen molar-refractivity contribution < 1.29 is 9.90 Å². The molecule has 3 rings (SSSR count). The maximum Gasteiger partial charge on any atom is 0.307 e. The number of nitrogens with one attached hydrogen (secondary N) is 1. The number of aromatic amines is 1. The molecular formula is C13H14N2O2. The summed E-state index contributed by atoms with van der Waals surface area (Å²) in [6, 6.07) is 4.14. The van der Waals surface area contributed by atoms with Crippen molar-refractivity contribution in [3.8, 4) is 0 Å². The summed E-state index contributed by atoms with van der Waals surface area (Å²) in [5, 5.41) is 8.92. The van der Waals surface area contributed by atoms with Crippen molar-refractivity contribution >= 4 is 17.0 Å². The Morgan fingerprint density at radius 1 is 1.47 bits per heavy atom. The minimum absolute atomic E-state index is 0.0691. The topological polar surface area (TPSA) is 66.0 Å². The summed E-state index contributed by atoms with van der Waals surface area (Å²) in [6.45, 7) is 4.08. The van der Waals surface area contributed by atoms with Gasteiger partial charge in [-0.25, -0.2) is 4.98 Å². The maximum atomic E-state index is 10.8. The molecule has 0 bridgehead atoms. The third-order valence-corrected chi connectivity index (χ3v) is 3.40. The van der Waals surface area contributed by atoms with E-state index in [1.54, 1.807) is 0 Å². The van der Waals surface area contributed by atoms with Crippen LogP contribution in [0, 0.1) is 19.8 Å². The molecule has 2 unspecified atom stereocenters. The summed E-state index contributed by atoms with van der Waals surface area (Å²) in [5.74, 6) is -0.0824. The van der Waals surface area contributed by atoms with Crippen molar-refractivity contribution in [3.05, 3.63) is 29.1 Å². The minimum atomic E-state index is -0.719. The zero-order valence-electron chi connectivity index (χ0n) is 9.82. The van der Waals surface area contributed by atoms with Crippen LogP contribution < -0.4 is 0 Å². The lowest BCUT2D eigenvalue weighted by molar-refractivity contribution is -0.138. The summed E-state index contributed by atoms with van der Waals surface area (Å²) >= 11 is 0. The molecule has 17 heavy (non-hydrogen) atoms. The Morgan fingerprint density at radius 2 is 2.24 bits per heavy atom. The van der Waals surface area contributed by atoms with E-state index < -0.39 is 5.97 Å². The predicted molar refractivity (Wildman–Crippen MR) is 64.1 cm³/mol. The van der Waals surface area contributed by atoms with Crippen LogP contribution in [0.4, 0.5) is 0 Å². The van der Waals surface area contributed by atoms with Gasteiger partial charge < -0.3 is 10.1 Å². The number of aliphatic carboxylic acids is 1. The lowest BCUT2D eigenvalue weighted by atomic mass is 10.1. The first-order chi connectivity index (χ1) is 8.06. The number of carboxylic acids is 1. The molecule has 2 N–H and O–H groups in total. The first kappa shape index (κ1) is 10.3. The molecular weight excluding hydrogens is 216 g/mol. The number of carboxylic acid groups (broad SMARTS) is 1. The van der Waals surface area contributed by atoms with Gasteiger partial charge in [-0.1, -0.05) is 6.07 Å². The quantitative estimate of drug-likeness (QED) is 0.832. The maximum absolute atomic E-state index is 10.8. The molecule has 1 aromatic carbocycles. The first-order valence-electron chi connectivity index (χ1n) is 5.76. The molecule has 0 amide bonds. The van der Waals surface area contributed by atoms with E-state index in [0.29, 0.717) is 6.42 Å². The molecule has 1 aromatic heterocycles. The number of nitrogens with zero attached hydrogens (tertiary/aromatic N) is 1. The second-order valence-corrected chi connectivity index (χ2v) is 4.89. The van der Waals surface area contributed by atoms with Gasteiger partial charge in [0.05, 0.1) is 17.0 Å². The van der Waals surface area contributed by atoms with Crippen molar-refractivity contribution in [1.82, 2.24) is 9.97 Å². The van der Waals surface area contributed by atoms with Crippen molar-refractivity contribution in [2.45, 2.75) is 26.2 Å². The van der Waals surface area contributed by atoms with Crippen LogP contribution in [0.3, 0.4) is 0 Å². The molecule has 4 heteroatoms. The second kappa shape index (κ2) is 3.32. The number of aromatic nitrogens is 2. The number of H-pyrrole nitrogens is 1. The molecule has 4 nitrogen and oxygen atoms in total. The molecule has 0 spiro atoms. The van der Waals surface area contributed by atoms with Crippen LogP contribution in [0.2, 0.25) is 0 Å². The van der Waals surface area contributed by atoms with Gasteiger partial charge in [0, 0.05) is 5.92 Å². The van der Waals surface area contributed by atoms with Crippen molar-refractivity contribution in [1.29, 1.82) is 0 Å². The van der Waals surface area contributed by atoms with Gasteiger partial charge in [-0.2, -0.15) is 0 Å². The number of fused-ring (bicyclic) bond motifs is 1. The lowest BCUT2D eigenvalue weighted by Gasteiger charge is -1.96. The fourth-order valence-corrected chi connectivity index (χ4v) is 2.44. The summed E-state index contributed by atoms with van der Waals surface area (Å²) < 4.78 is 0. The van der Waals surface area contributed by atoms with E-state index in [2.05, 4.69) is 22.1 Å². The smallest absolute Gasteiger partial charge is 0.307 e. The average Bonchev–Trinajstić information content (AvgIpc) is 2.93. The van der Waals surface area contributed by atoms with E-state index in [1.165, 1.54) is 5.56 Å². The van der Waals surface area contributed by atoms with Gasteiger partial charge in [-0.15, -0.1) is 0 Å². The van der Waals surface area contributed by atoms with Gasteiger partial charge in [-0.3, -0.25) is 4.79 Å². The number of carbonyl (C=O) groups is 1. The highest BCUT2D eigenvalue weighted by Gasteiger charge is 2.46. The number of benzene rings is 1. The molecule has 1 heterocycles. The number of hydrogen-bond donors (Lipinski definition) is 2. The Balaban J connectivity index is 2.03. The van der Waals surface area contributed by atoms with Crippen molar-refractivity contribution in [3.63, 3.8) is 0 Å².